The monoisotopic (exact) mass is 488 g/mol. The third-order valence-corrected chi connectivity index (χ3v) is 5.46. The van der Waals surface area contributed by atoms with Crippen LogP contribution >= 0.6 is 0 Å². The fourth-order valence-corrected chi connectivity index (χ4v) is 3.79. The van der Waals surface area contributed by atoms with Crippen LogP contribution in [0.3, 0.4) is 0 Å². The fraction of sp³-hybridized carbons (Fsp3) is 0.261. The first-order valence-corrected chi connectivity index (χ1v) is 10.6. The minimum atomic E-state index is -4.79. The van der Waals surface area contributed by atoms with Crippen LogP contribution in [-0.2, 0) is 15.7 Å². The molecule has 0 bridgehead atoms. The van der Waals surface area contributed by atoms with Gasteiger partial charge in [-0.25, -0.2) is 9.78 Å². The Labute approximate surface area is 196 Å². The van der Waals surface area contributed by atoms with Crippen LogP contribution in [-0.4, -0.2) is 41.5 Å². The highest BCUT2D eigenvalue weighted by atomic mass is 19.4. The molecule has 12 heteroatoms. The molecule has 35 heavy (non-hydrogen) atoms. The first-order valence-electron chi connectivity index (χ1n) is 10.6. The Morgan fingerprint density at radius 1 is 1.11 bits per heavy atom. The Kier molecular flexibility index (Phi) is 6.54. The first-order chi connectivity index (χ1) is 16.6. The van der Waals surface area contributed by atoms with Crippen molar-refractivity contribution in [1.29, 1.82) is 0 Å². The number of aromatic nitrogens is 1. The average molecular weight is 488 g/mol. The largest absolute Gasteiger partial charge is 0.452 e. The topological polar surface area (TPSA) is 115 Å². The van der Waals surface area contributed by atoms with Gasteiger partial charge in [-0.3, -0.25) is 14.9 Å². The summed E-state index contributed by atoms with van der Waals surface area (Å²) in [7, 11) is 0. The Bertz CT molecular complexity index is 1310. The van der Waals surface area contributed by atoms with Crippen molar-refractivity contribution in [3.05, 3.63) is 69.8 Å². The summed E-state index contributed by atoms with van der Waals surface area (Å²) in [4.78, 5) is 41.8. The Morgan fingerprint density at radius 3 is 2.51 bits per heavy atom. The third kappa shape index (κ3) is 5.31. The summed E-state index contributed by atoms with van der Waals surface area (Å²) in [5.41, 5.74) is -1.76. The molecule has 0 radical (unpaired) electrons. The number of para-hydroxylation sites is 1. The SMILES string of the molecule is O=C(COC(=O)c1cc2ccccc2nc1N1CCCC1)Nc1ccc(C(F)(F)F)cc1[N+](=O)[O-]. The third-order valence-electron chi connectivity index (χ3n) is 5.46. The van der Waals surface area contributed by atoms with Crippen molar-refractivity contribution in [3.63, 3.8) is 0 Å². The number of fused-ring (bicyclic) bond motifs is 1. The molecule has 182 valence electrons. The molecule has 1 fully saturated rings. The van der Waals surface area contributed by atoms with Crippen LogP contribution in [0.2, 0.25) is 0 Å². The van der Waals surface area contributed by atoms with Crippen molar-refractivity contribution in [2.45, 2.75) is 19.0 Å². The maximum absolute atomic E-state index is 12.9. The zero-order chi connectivity index (χ0) is 25.2. The van der Waals surface area contributed by atoms with E-state index in [1.165, 1.54) is 0 Å². The highest BCUT2D eigenvalue weighted by Crippen LogP contribution is 2.35. The smallest absolute Gasteiger partial charge is 0.416 e. The number of nitro groups is 1. The summed E-state index contributed by atoms with van der Waals surface area (Å²) in [6, 6.07) is 10.5. The number of anilines is 2. The highest BCUT2D eigenvalue weighted by Gasteiger charge is 2.33. The second kappa shape index (κ2) is 9.57. The van der Waals surface area contributed by atoms with Gasteiger partial charge in [0.2, 0.25) is 0 Å². The first kappa shape index (κ1) is 23.9. The molecule has 1 amide bonds. The number of hydrogen-bond acceptors (Lipinski definition) is 7. The van der Waals surface area contributed by atoms with Gasteiger partial charge in [-0.2, -0.15) is 13.2 Å². The molecule has 4 rings (SSSR count). The number of nitro benzene ring substituents is 1. The van der Waals surface area contributed by atoms with Gasteiger partial charge in [0.25, 0.3) is 11.6 Å². The number of ether oxygens (including phenoxy) is 1. The predicted octanol–water partition coefficient (Wildman–Crippen LogP) is 4.56. The molecular formula is C23H19F3N4O5. The van der Waals surface area contributed by atoms with Crippen LogP contribution in [0.1, 0.15) is 28.8 Å². The van der Waals surface area contributed by atoms with E-state index in [1.54, 1.807) is 18.2 Å². The van der Waals surface area contributed by atoms with Crippen molar-refractivity contribution in [2.24, 2.45) is 0 Å². The van der Waals surface area contributed by atoms with E-state index >= 15 is 0 Å². The minimum absolute atomic E-state index is 0.166. The zero-order valence-corrected chi connectivity index (χ0v) is 18.2. The van der Waals surface area contributed by atoms with E-state index in [2.05, 4.69) is 10.3 Å². The minimum Gasteiger partial charge on any atom is -0.452 e. The van der Waals surface area contributed by atoms with Gasteiger partial charge in [0.15, 0.2) is 6.61 Å². The van der Waals surface area contributed by atoms with E-state index in [1.807, 2.05) is 17.0 Å². The lowest BCUT2D eigenvalue weighted by Crippen LogP contribution is -2.25. The number of pyridine rings is 1. The van der Waals surface area contributed by atoms with E-state index < -0.39 is 46.5 Å². The van der Waals surface area contributed by atoms with Crippen molar-refractivity contribution in [1.82, 2.24) is 4.98 Å². The number of amides is 1. The standard InChI is InChI=1S/C23H19F3N4O5/c24-23(25,26)15-7-8-18(19(12-15)30(33)34)27-20(31)13-35-22(32)16-11-14-5-1-2-6-17(14)28-21(16)29-9-3-4-10-29/h1-2,5-8,11-12H,3-4,9-10,13H2,(H,27,31). The van der Waals surface area contributed by atoms with Gasteiger partial charge in [0.05, 0.1) is 16.0 Å². The number of carbonyl (C=O) groups excluding carboxylic acids is 2. The van der Waals surface area contributed by atoms with Gasteiger partial charge >= 0.3 is 12.1 Å². The van der Waals surface area contributed by atoms with Crippen LogP contribution in [0.4, 0.5) is 30.4 Å². The molecule has 0 atom stereocenters. The molecule has 0 aliphatic carbocycles. The van der Waals surface area contributed by atoms with Crippen LogP contribution in [0.5, 0.6) is 0 Å². The molecule has 3 aromatic rings. The number of nitrogens with zero attached hydrogens (tertiary/aromatic N) is 3. The number of hydrogen-bond donors (Lipinski definition) is 1. The maximum atomic E-state index is 12.9. The van der Waals surface area contributed by atoms with Gasteiger partial charge in [-0.15, -0.1) is 0 Å². The summed E-state index contributed by atoms with van der Waals surface area (Å²) in [5.74, 6) is -1.33. The number of carbonyl (C=O) groups is 2. The second-order valence-electron chi connectivity index (χ2n) is 7.86. The van der Waals surface area contributed by atoms with Crippen molar-refractivity contribution < 1.29 is 32.4 Å². The quantitative estimate of drug-likeness (QED) is 0.307. The molecule has 2 heterocycles. The summed E-state index contributed by atoms with van der Waals surface area (Å²) < 4.78 is 43.7. The molecule has 9 nitrogen and oxygen atoms in total. The molecule has 0 saturated carbocycles. The number of halogens is 3. The number of esters is 1. The van der Waals surface area contributed by atoms with Crippen LogP contribution < -0.4 is 10.2 Å². The zero-order valence-electron chi connectivity index (χ0n) is 18.2. The summed E-state index contributed by atoms with van der Waals surface area (Å²) in [6.07, 6.45) is -2.90. The van der Waals surface area contributed by atoms with Crippen LogP contribution in [0.25, 0.3) is 10.9 Å². The summed E-state index contributed by atoms with van der Waals surface area (Å²) >= 11 is 0. The maximum Gasteiger partial charge on any atom is 0.416 e. The van der Waals surface area contributed by atoms with Gasteiger partial charge in [-0.1, -0.05) is 18.2 Å². The molecule has 1 aliphatic heterocycles. The van der Waals surface area contributed by atoms with E-state index in [0.717, 1.165) is 18.9 Å². The Balaban J connectivity index is 1.51. The predicted molar refractivity (Wildman–Crippen MR) is 120 cm³/mol. The average Bonchev–Trinajstić information content (AvgIpc) is 3.36. The highest BCUT2D eigenvalue weighted by molar-refractivity contribution is 6.01. The molecular weight excluding hydrogens is 469 g/mol. The van der Waals surface area contributed by atoms with Gasteiger partial charge in [0.1, 0.15) is 17.1 Å². The lowest BCUT2D eigenvalue weighted by Gasteiger charge is -2.20. The van der Waals surface area contributed by atoms with Gasteiger partial charge in [-0.05, 0) is 37.1 Å². The number of alkyl halides is 3. The lowest BCUT2D eigenvalue weighted by molar-refractivity contribution is -0.384. The number of rotatable bonds is 6. The van der Waals surface area contributed by atoms with Crippen molar-refractivity contribution >= 4 is 40.0 Å². The molecule has 2 aromatic carbocycles. The van der Waals surface area contributed by atoms with Crippen LogP contribution in [0, 0.1) is 10.1 Å². The van der Waals surface area contributed by atoms with Crippen molar-refractivity contribution in [3.8, 4) is 0 Å². The number of benzene rings is 2. The lowest BCUT2D eigenvalue weighted by atomic mass is 10.1. The summed E-state index contributed by atoms with van der Waals surface area (Å²) in [5, 5.41) is 14.0. The second-order valence-corrected chi connectivity index (χ2v) is 7.86. The molecule has 0 spiro atoms. The number of nitrogens with one attached hydrogen (secondary N) is 1. The fourth-order valence-electron chi connectivity index (χ4n) is 3.79. The Hall–Kier alpha value is -4.22. The van der Waals surface area contributed by atoms with Crippen LogP contribution in [0.15, 0.2) is 48.5 Å². The molecule has 1 N–H and O–H groups in total. The molecule has 1 aliphatic rings. The molecule has 1 aromatic heterocycles. The van der Waals surface area contributed by atoms with Crippen molar-refractivity contribution in [2.75, 3.05) is 29.9 Å². The summed E-state index contributed by atoms with van der Waals surface area (Å²) in [6.45, 7) is 0.622. The molecule has 0 unspecified atom stereocenters. The van der Waals surface area contributed by atoms with E-state index in [9.17, 15) is 32.9 Å². The van der Waals surface area contributed by atoms with Gasteiger partial charge < -0.3 is 15.0 Å². The van der Waals surface area contributed by atoms with Gasteiger partial charge in [0, 0.05) is 24.5 Å². The van der Waals surface area contributed by atoms with E-state index in [0.29, 0.717) is 41.9 Å². The van der Waals surface area contributed by atoms with E-state index in [4.69, 9.17) is 4.74 Å². The Morgan fingerprint density at radius 2 is 1.83 bits per heavy atom. The molecule has 1 saturated heterocycles. The van der Waals surface area contributed by atoms with E-state index in [-0.39, 0.29) is 5.56 Å². The normalized spacial score (nSPS) is 13.6.